The molecule has 0 bridgehead atoms. The molecule has 0 saturated carbocycles. The van der Waals surface area contributed by atoms with Crippen LogP contribution in [0.3, 0.4) is 0 Å². The van der Waals surface area contributed by atoms with Crippen LogP contribution in [-0.4, -0.2) is 71.5 Å². The minimum Gasteiger partial charge on any atom is -0.385 e. The molecule has 2 saturated heterocycles. The smallest absolute Gasteiger partial charge is 0.238 e. The van der Waals surface area contributed by atoms with Gasteiger partial charge in [-0.2, -0.15) is 10.5 Å². The second kappa shape index (κ2) is 13.2. The summed E-state index contributed by atoms with van der Waals surface area (Å²) in [6, 6.07) is 12.4. The summed E-state index contributed by atoms with van der Waals surface area (Å²) in [5.74, 6) is -1.27. The van der Waals surface area contributed by atoms with Gasteiger partial charge in [0.2, 0.25) is 11.8 Å². The van der Waals surface area contributed by atoms with E-state index in [1.807, 2.05) is 19.1 Å². The Balaban J connectivity index is 1.48. The summed E-state index contributed by atoms with van der Waals surface area (Å²) < 4.78 is 0. The summed E-state index contributed by atoms with van der Waals surface area (Å²) in [4.78, 5) is 29.3. The summed E-state index contributed by atoms with van der Waals surface area (Å²) in [6.07, 6.45) is 4.59. The van der Waals surface area contributed by atoms with Crippen LogP contribution in [0.5, 0.6) is 0 Å². The minimum atomic E-state index is -0.882. The number of benzene rings is 1. The molecule has 2 aliphatic heterocycles. The fourth-order valence-electron chi connectivity index (χ4n) is 4.53. The molecule has 2 heterocycles. The fourth-order valence-corrected chi connectivity index (χ4v) is 6.12. The molecule has 9 heteroatoms. The SMILES string of the molecule is CCN1C(=O)C(CCNc2cccc(CCN3CCCC3)c2)SC1CC(C#N)C(=O)NCC#N. The van der Waals surface area contributed by atoms with E-state index in [9.17, 15) is 14.9 Å². The highest BCUT2D eigenvalue weighted by atomic mass is 32.2. The number of carbonyl (C=O) groups is 2. The van der Waals surface area contributed by atoms with E-state index < -0.39 is 11.8 Å². The Hall–Kier alpha value is -2.75. The van der Waals surface area contributed by atoms with Crippen molar-refractivity contribution in [1.82, 2.24) is 15.1 Å². The lowest BCUT2D eigenvalue weighted by Gasteiger charge is -2.23. The molecule has 182 valence electrons. The van der Waals surface area contributed by atoms with Crippen molar-refractivity contribution in [3.63, 3.8) is 0 Å². The van der Waals surface area contributed by atoms with Gasteiger partial charge in [-0.3, -0.25) is 9.59 Å². The molecular formula is C25H34N6O2S. The van der Waals surface area contributed by atoms with Crippen molar-refractivity contribution in [2.75, 3.05) is 44.6 Å². The molecule has 2 aliphatic rings. The first kappa shape index (κ1) is 25.9. The fraction of sp³-hybridized carbons (Fsp3) is 0.600. The number of likely N-dealkylation sites (tertiary alicyclic amines) is 1. The molecule has 2 N–H and O–H groups in total. The Morgan fingerprint density at radius 1 is 1.29 bits per heavy atom. The molecule has 2 fully saturated rings. The lowest BCUT2D eigenvalue weighted by Crippen LogP contribution is -2.38. The molecular weight excluding hydrogens is 448 g/mol. The lowest BCUT2D eigenvalue weighted by molar-refractivity contribution is -0.131. The van der Waals surface area contributed by atoms with Crippen molar-refractivity contribution in [2.45, 2.75) is 49.7 Å². The Morgan fingerprint density at radius 2 is 2.09 bits per heavy atom. The van der Waals surface area contributed by atoms with Crippen molar-refractivity contribution in [2.24, 2.45) is 5.92 Å². The zero-order valence-corrected chi connectivity index (χ0v) is 20.6. The number of hydrogen-bond acceptors (Lipinski definition) is 7. The molecule has 34 heavy (non-hydrogen) atoms. The highest BCUT2D eigenvalue weighted by Crippen LogP contribution is 2.36. The van der Waals surface area contributed by atoms with Gasteiger partial charge in [-0.1, -0.05) is 12.1 Å². The minimum absolute atomic E-state index is 0.0628. The molecule has 3 atom stereocenters. The number of nitriles is 2. The molecule has 1 aromatic rings. The van der Waals surface area contributed by atoms with Crippen molar-refractivity contribution in [3.8, 4) is 12.1 Å². The van der Waals surface area contributed by atoms with Gasteiger partial charge in [0.05, 0.1) is 22.8 Å². The second-order valence-electron chi connectivity index (χ2n) is 8.71. The van der Waals surface area contributed by atoms with E-state index in [1.165, 1.54) is 43.3 Å². The predicted octanol–water partition coefficient (Wildman–Crippen LogP) is 2.59. The number of carbonyl (C=O) groups excluding carboxylic acids is 2. The summed E-state index contributed by atoms with van der Waals surface area (Å²) in [5.41, 5.74) is 2.38. The maximum Gasteiger partial charge on any atom is 0.238 e. The third-order valence-electron chi connectivity index (χ3n) is 6.40. The van der Waals surface area contributed by atoms with Crippen LogP contribution in [0, 0.1) is 28.6 Å². The normalized spacial score (nSPS) is 21.1. The van der Waals surface area contributed by atoms with E-state index >= 15 is 0 Å². The van der Waals surface area contributed by atoms with Gasteiger partial charge in [0.25, 0.3) is 0 Å². The maximum atomic E-state index is 12.9. The monoisotopic (exact) mass is 482 g/mol. The average Bonchev–Trinajstić information content (AvgIpc) is 3.47. The summed E-state index contributed by atoms with van der Waals surface area (Å²) >= 11 is 1.53. The first-order chi connectivity index (χ1) is 16.5. The highest BCUT2D eigenvalue weighted by molar-refractivity contribution is 8.01. The van der Waals surface area contributed by atoms with E-state index in [0.717, 1.165) is 18.7 Å². The van der Waals surface area contributed by atoms with Crippen LogP contribution >= 0.6 is 11.8 Å². The van der Waals surface area contributed by atoms with E-state index in [4.69, 9.17) is 5.26 Å². The van der Waals surface area contributed by atoms with E-state index in [-0.39, 0.29) is 29.5 Å². The number of anilines is 1. The average molecular weight is 483 g/mol. The molecule has 3 unspecified atom stereocenters. The molecule has 3 rings (SSSR count). The van der Waals surface area contributed by atoms with Gasteiger partial charge in [-0.25, -0.2) is 0 Å². The number of nitrogens with one attached hydrogen (secondary N) is 2. The molecule has 1 aromatic carbocycles. The highest BCUT2D eigenvalue weighted by Gasteiger charge is 2.40. The number of thioether (sulfide) groups is 1. The van der Waals surface area contributed by atoms with Crippen molar-refractivity contribution < 1.29 is 9.59 Å². The number of amides is 2. The summed E-state index contributed by atoms with van der Waals surface area (Å²) in [6.45, 7) is 6.52. The molecule has 2 amide bonds. The van der Waals surface area contributed by atoms with Crippen LogP contribution in [0.2, 0.25) is 0 Å². The molecule has 0 aromatic heterocycles. The molecule has 0 aliphatic carbocycles. The number of rotatable bonds is 12. The van der Waals surface area contributed by atoms with Gasteiger partial charge in [-0.05, 0) is 63.4 Å². The maximum absolute atomic E-state index is 12.9. The summed E-state index contributed by atoms with van der Waals surface area (Å²) in [7, 11) is 0. The Bertz CT molecular complexity index is 921. The van der Waals surface area contributed by atoms with Crippen LogP contribution in [0.1, 0.15) is 38.2 Å². The van der Waals surface area contributed by atoms with Gasteiger partial charge < -0.3 is 20.4 Å². The topological polar surface area (TPSA) is 112 Å². The van der Waals surface area contributed by atoms with Crippen LogP contribution < -0.4 is 10.6 Å². The third-order valence-corrected chi connectivity index (χ3v) is 7.92. The number of nitrogens with zero attached hydrogens (tertiary/aromatic N) is 4. The Labute approximate surface area is 206 Å². The predicted molar refractivity (Wildman–Crippen MR) is 134 cm³/mol. The first-order valence-electron chi connectivity index (χ1n) is 12.1. The molecule has 8 nitrogen and oxygen atoms in total. The van der Waals surface area contributed by atoms with Gasteiger partial charge >= 0.3 is 0 Å². The van der Waals surface area contributed by atoms with Crippen molar-refractivity contribution in [1.29, 1.82) is 10.5 Å². The van der Waals surface area contributed by atoms with Crippen molar-refractivity contribution in [3.05, 3.63) is 29.8 Å². The molecule has 0 radical (unpaired) electrons. The van der Waals surface area contributed by atoms with Gasteiger partial charge in [0.15, 0.2) is 0 Å². The zero-order valence-electron chi connectivity index (χ0n) is 19.8. The van der Waals surface area contributed by atoms with Crippen LogP contribution in [0.25, 0.3) is 0 Å². The van der Waals surface area contributed by atoms with Gasteiger partial charge in [-0.15, -0.1) is 11.8 Å². The van der Waals surface area contributed by atoms with E-state index in [1.54, 1.807) is 4.90 Å². The Kier molecular flexibility index (Phi) is 10.1. The Morgan fingerprint density at radius 3 is 2.79 bits per heavy atom. The quantitative estimate of drug-likeness (QED) is 0.440. The van der Waals surface area contributed by atoms with Crippen LogP contribution in [0.4, 0.5) is 5.69 Å². The molecule has 0 spiro atoms. The summed E-state index contributed by atoms with van der Waals surface area (Å²) in [5, 5.41) is 23.6. The van der Waals surface area contributed by atoms with Gasteiger partial charge in [0.1, 0.15) is 12.5 Å². The van der Waals surface area contributed by atoms with Crippen LogP contribution in [0.15, 0.2) is 24.3 Å². The standard InChI is InChI=1S/C25H34N6O2S/c1-2-31-23(17-20(18-27)24(32)29-12-10-26)34-22(25(31)33)8-11-28-21-7-5-6-19(16-21)9-15-30-13-3-4-14-30/h5-7,16,20,22-23,28H,2-4,8-9,11-15,17H2,1H3,(H,29,32). The first-order valence-corrected chi connectivity index (χ1v) is 13.0. The lowest BCUT2D eigenvalue weighted by atomic mass is 10.1. The van der Waals surface area contributed by atoms with Gasteiger partial charge in [0, 0.05) is 31.7 Å². The largest absolute Gasteiger partial charge is 0.385 e. The van der Waals surface area contributed by atoms with Crippen LogP contribution in [-0.2, 0) is 16.0 Å². The third kappa shape index (κ3) is 7.12. The van der Waals surface area contributed by atoms with E-state index in [0.29, 0.717) is 19.5 Å². The van der Waals surface area contributed by atoms with E-state index in [2.05, 4.69) is 39.8 Å². The van der Waals surface area contributed by atoms with Crippen molar-refractivity contribution >= 4 is 29.3 Å². The number of hydrogen-bond donors (Lipinski definition) is 2. The second-order valence-corrected chi connectivity index (χ2v) is 10.1. The zero-order chi connectivity index (χ0) is 24.3.